The molecule has 0 aromatic heterocycles. The average Bonchev–Trinajstić information content (AvgIpc) is 2.26. The quantitative estimate of drug-likeness (QED) is 0.534. The van der Waals surface area contributed by atoms with Gasteiger partial charge in [0.2, 0.25) is 5.91 Å². The zero-order valence-corrected chi connectivity index (χ0v) is 9.99. The minimum atomic E-state index is -0.899. The maximum atomic E-state index is 11.3. The van der Waals surface area contributed by atoms with Crippen LogP contribution in [0.1, 0.15) is 27.2 Å². The lowest BCUT2D eigenvalue weighted by Gasteiger charge is -2.22. The van der Waals surface area contributed by atoms with Crippen molar-refractivity contribution in [1.29, 1.82) is 0 Å². The van der Waals surface area contributed by atoms with Gasteiger partial charge in [-0.05, 0) is 20.3 Å². The third-order valence-corrected chi connectivity index (χ3v) is 2.50. The number of hydrogen-bond donors (Lipinski definition) is 2. The van der Waals surface area contributed by atoms with Crippen molar-refractivity contribution in [3.05, 3.63) is 24.3 Å². The summed E-state index contributed by atoms with van der Waals surface area (Å²) in [7, 11) is 0. The van der Waals surface area contributed by atoms with E-state index in [1.165, 1.54) is 6.08 Å². The summed E-state index contributed by atoms with van der Waals surface area (Å²) < 4.78 is 0. The van der Waals surface area contributed by atoms with E-state index in [0.717, 1.165) is 0 Å². The second-order valence-corrected chi connectivity index (χ2v) is 3.82. The largest absolute Gasteiger partial charge is 0.481 e. The maximum Gasteiger partial charge on any atom is 0.311 e. The Balaban J connectivity index is 4.23. The molecule has 16 heavy (non-hydrogen) atoms. The molecule has 0 aromatic carbocycles. The van der Waals surface area contributed by atoms with Crippen molar-refractivity contribution < 1.29 is 14.7 Å². The number of allylic oxidation sites excluding steroid dienone is 3. The molecule has 0 spiro atoms. The molecule has 90 valence electrons. The van der Waals surface area contributed by atoms with E-state index in [0.29, 0.717) is 6.42 Å². The highest BCUT2D eigenvalue weighted by Gasteiger charge is 2.31. The first-order valence-corrected chi connectivity index (χ1v) is 5.27. The first-order valence-electron chi connectivity index (χ1n) is 5.27. The topological polar surface area (TPSA) is 66.4 Å². The number of carbonyl (C=O) groups excluding carboxylic acids is 1. The van der Waals surface area contributed by atoms with Crippen LogP contribution in [0.5, 0.6) is 0 Å². The van der Waals surface area contributed by atoms with Crippen molar-refractivity contribution in [3.63, 3.8) is 0 Å². The van der Waals surface area contributed by atoms with E-state index < -0.39 is 11.4 Å². The van der Waals surface area contributed by atoms with E-state index in [9.17, 15) is 9.59 Å². The molecule has 0 aromatic rings. The smallest absolute Gasteiger partial charge is 0.311 e. The molecule has 0 radical (unpaired) electrons. The van der Waals surface area contributed by atoms with Gasteiger partial charge in [0.25, 0.3) is 0 Å². The van der Waals surface area contributed by atoms with Crippen molar-refractivity contribution in [2.75, 3.05) is 6.54 Å². The number of nitrogens with one attached hydrogen (secondary N) is 1. The minimum Gasteiger partial charge on any atom is -0.481 e. The summed E-state index contributed by atoms with van der Waals surface area (Å²) in [4.78, 5) is 22.2. The summed E-state index contributed by atoms with van der Waals surface area (Å²) in [6.07, 6.45) is 6.99. The van der Waals surface area contributed by atoms with Crippen molar-refractivity contribution in [2.45, 2.75) is 27.2 Å². The number of rotatable bonds is 6. The van der Waals surface area contributed by atoms with Crippen LogP contribution < -0.4 is 5.32 Å². The molecule has 0 aliphatic heterocycles. The van der Waals surface area contributed by atoms with Gasteiger partial charge in [0, 0.05) is 12.6 Å². The first kappa shape index (κ1) is 14.4. The lowest BCUT2D eigenvalue weighted by molar-refractivity contribution is -0.148. The van der Waals surface area contributed by atoms with Gasteiger partial charge in [0.05, 0.1) is 5.41 Å². The molecule has 0 fully saturated rings. The van der Waals surface area contributed by atoms with Gasteiger partial charge in [0.15, 0.2) is 0 Å². The van der Waals surface area contributed by atoms with E-state index in [4.69, 9.17) is 5.11 Å². The van der Waals surface area contributed by atoms with Gasteiger partial charge in [0.1, 0.15) is 0 Å². The highest BCUT2D eigenvalue weighted by Crippen LogP contribution is 2.19. The SMILES string of the molecule is CC=C/C=C/C(=O)NCC(C)(CC)C(=O)O. The van der Waals surface area contributed by atoms with E-state index in [2.05, 4.69) is 5.32 Å². The minimum absolute atomic E-state index is 0.137. The molecule has 0 saturated heterocycles. The predicted octanol–water partition coefficient (Wildman–Crippen LogP) is 1.74. The van der Waals surface area contributed by atoms with Crippen LogP contribution in [0.2, 0.25) is 0 Å². The molecule has 4 heteroatoms. The Kier molecular flexibility index (Phi) is 6.15. The Morgan fingerprint density at radius 1 is 1.38 bits per heavy atom. The number of carboxylic acids is 1. The highest BCUT2D eigenvalue weighted by molar-refractivity contribution is 5.88. The summed E-state index contributed by atoms with van der Waals surface area (Å²) in [5.41, 5.74) is -0.899. The second kappa shape index (κ2) is 6.82. The van der Waals surface area contributed by atoms with E-state index in [1.54, 1.807) is 32.1 Å². The zero-order valence-electron chi connectivity index (χ0n) is 9.99. The summed E-state index contributed by atoms with van der Waals surface area (Å²) in [5.74, 6) is -1.17. The molecule has 4 nitrogen and oxygen atoms in total. The Hall–Kier alpha value is -1.58. The molecule has 2 N–H and O–H groups in total. The maximum absolute atomic E-state index is 11.3. The van der Waals surface area contributed by atoms with Gasteiger partial charge < -0.3 is 10.4 Å². The van der Waals surface area contributed by atoms with Crippen molar-refractivity contribution in [2.24, 2.45) is 5.41 Å². The van der Waals surface area contributed by atoms with Crippen LogP contribution in [0, 0.1) is 5.41 Å². The van der Waals surface area contributed by atoms with Gasteiger partial charge in [-0.25, -0.2) is 0 Å². The fraction of sp³-hybridized carbons (Fsp3) is 0.500. The molecule has 1 amide bonds. The molecular formula is C12H19NO3. The lowest BCUT2D eigenvalue weighted by atomic mass is 9.88. The van der Waals surface area contributed by atoms with Crippen molar-refractivity contribution in [1.82, 2.24) is 5.32 Å². The van der Waals surface area contributed by atoms with Crippen molar-refractivity contribution >= 4 is 11.9 Å². The van der Waals surface area contributed by atoms with Crippen LogP contribution in [0.15, 0.2) is 24.3 Å². The molecule has 0 aliphatic rings. The number of amides is 1. The lowest BCUT2D eigenvalue weighted by Crippen LogP contribution is -2.40. The van der Waals surface area contributed by atoms with E-state index >= 15 is 0 Å². The summed E-state index contributed by atoms with van der Waals surface area (Å²) in [6.45, 7) is 5.39. The van der Waals surface area contributed by atoms with E-state index in [-0.39, 0.29) is 12.5 Å². The normalized spacial score (nSPS) is 15.2. The first-order chi connectivity index (χ1) is 7.46. The fourth-order valence-corrected chi connectivity index (χ4v) is 0.947. The summed E-state index contributed by atoms with van der Waals surface area (Å²) in [5, 5.41) is 11.6. The zero-order chi connectivity index (χ0) is 12.6. The van der Waals surface area contributed by atoms with Crippen LogP contribution in [0.3, 0.4) is 0 Å². The molecule has 0 bridgehead atoms. The fourth-order valence-electron chi connectivity index (χ4n) is 0.947. The number of aliphatic carboxylic acids is 1. The summed E-state index contributed by atoms with van der Waals surface area (Å²) in [6, 6.07) is 0. The number of hydrogen-bond acceptors (Lipinski definition) is 2. The number of carboxylic acid groups (broad SMARTS) is 1. The van der Waals surface area contributed by atoms with Gasteiger partial charge in [-0.1, -0.05) is 25.2 Å². The Bertz CT molecular complexity index is 307. The van der Waals surface area contributed by atoms with Crippen LogP contribution >= 0.6 is 0 Å². The number of carbonyl (C=O) groups is 2. The Morgan fingerprint density at radius 2 is 2.00 bits per heavy atom. The van der Waals surface area contributed by atoms with Crippen LogP contribution in [0.25, 0.3) is 0 Å². The average molecular weight is 225 g/mol. The van der Waals surface area contributed by atoms with Gasteiger partial charge in [-0.15, -0.1) is 0 Å². The van der Waals surface area contributed by atoms with Gasteiger partial charge >= 0.3 is 5.97 Å². The molecule has 0 heterocycles. The van der Waals surface area contributed by atoms with Gasteiger partial charge in [-0.3, -0.25) is 9.59 Å². The van der Waals surface area contributed by atoms with Gasteiger partial charge in [-0.2, -0.15) is 0 Å². The standard InChI is InChI=1S/C12H19NO3/c1-4-6-7-8-10(14)13-9-12(3,5-2)11(15)16/h4,6-8H,5,9H2,1-3H3,(H,13,14)(H,15,16)/b6-4?,8-7+. The molecule has 0 aliphatic carbocycles. The predicted molar refractivity (Wildman–Crippen MR) is 63.0 cm³/mol. The molecule has 0 saturated carbocycles. The van der Waals surface area contributed by atoms with Crippen LogP contribution in [-0.2, 0) is 9.59 Å². The van der Waals surface area contributed by atoms with Crippen molar-refractivity contribution in [3.8, 4) is 0 Å². The summed E-state index contributed by atoms with van der Waals surface area (Å²) >= 11 is 0. The van der Waals surface area contributed by atoms with Crippen LogP contribution in [0.4, 0.5) is 0 Å². The van der Waals surface area contributed by atoms with E-state index in [1.807, 2.05) is 6.92 Å². The molecule has 1 unspecified atom stereocenters. The molecule has 0 rings (SSSR count). The monoisotopic (exact) mass is 225 g/mol. The Labute approximate surface area is 96.0 Å². The third-order valence-electron chi connectivity index (χ3n) is 2.50. The third kappa shape index (κ3) is 4.77. The Morgan fingerprint density at radius 3 is 2.44 bits per heavy atom. The second-order valence-electron chi connectivity index (χ2n) is 3.82. The van der Waals surface area contributed by atoms with Crippen LogP contribution in [-0.4, -0.2) is 23.5 Å². The molecule has 1 atom stereocenters. The highest BCUT2D eigenvalue weighted by atomic mass is 16.4. The molecular weight excluding hydrogens is 206 g/mol.